The first kappa shape index (κ1) is 65.0. The number of hydrogen-bond acceptors (Lipinski definition) is 6. The van der Waals surface area contributed by atoms with E-state index in [-0.39, 0.29) is 44.0 Å². The van der Waals surface area contributed by atoms with Crippen LogP contribution in [0, 0.1) is 0 Å². The molecule has 6 heteroatoms. The monoisotopic (exact) mass is 963 g/mol. The molecule has 0 saturated carbocycles. The Morgan fingerprint density at radius 1 is 0.300 bits per heavy atom. The van der Waals surface area contributed by atoms with Crippen LogP contribution in [-0.2, 0) is 28.6 Å². The van der Waals surface area contributed by atoms with E-state index in [4.69, 9.17) is 14.2 Å². The highest BCUT2D eigenvalue weighted by Gasteiger charge is 2.19. The van der Waals surface area contributed by atoms with E-state index in [2.05, 4.69) is 106 Å². The molecule has 0 fully saturated rings. The number of ether oxygens (including phenoxy) is 3. The fourth-order valence-electron chi connectivity index (χ4n) is 6.90. The second kappa shape index (κ2) is 56.6. The van der Waals surface area contributed by atoms with Gasteiger partial charge in [-0.1, -0.05) is 256 Å². The molecule has 390 valence electrons. The SMILES string of the molecule is CC\C=C/C=C\C=C/C=C\C=C\C=C/C=C\CCCCCC(=O)OCC(COC(=O)CCCCCCCC/C=C\C=C/CCCCC)OC(=O)CCCCCCC\C=C/C=C\C=C/C=C\CCCCC. The molecule has 0 heterocycles. The first-order chi connectivity index (χ1) is 34.5. The molecule has 0 N–H and O–H groups in total. The molecule has 0 aromatic rings. The Labute approximate surface area is 429 Å². The summed E-state index contributed by atoms with van der Waals surface area (Å²) >= 11 is 0. The molecule has 0 aliphatic rings. The van der Waals surface area contributed by atoms with Crippen LogP contribution in [0.1, 0.15) is 207 Å². The van der Waals surface area contributed by atoms with E-state index in [0.717, 1.165) is 109 Å². The lowest BCUT2D eigenvalue weighted by Gasteiger charge is -2.18. The van der Waals surface area contributed by atoms with Crippen molar-refractivity contribution in [2.45, 2.75) is 213 Å². The maximum absolute atomic E-state index is 12.8. The molecule has 0 bridgehead atoms. The second-order valence-electron chi connectivity index (χ2n) is 17.7. The van der Waals surface area contributed by atoms with Crippen molar-refractivity contribution in [2.75, 3.05) is 13.2 Å². The minimum absolute atomic E-state index is 0.117. The highest BCUT2D eigenvalue weighted by molar-refractivity contribution is 5.71. The first-order valence-electron chi connectivity index (χ1n) is 27.7. The molecule has 0 spiro atoms. The highest BCUT2D eigenvalue weighted by atomic mass is 16.6. The Morgan fingerprint density at radius 2 is 0.557 bits per heavy atom. The van der Waals surface area contributed by atoms with Crippen LogP contribution >= 0.6 is 0 Å². The van der Waals surface area contributed by atoms with Crippen LogP contribution in [0.25, 0.3) is 0 Å². The Hall–Kier alpha value is -4.97. The Balaban J connectivity index is 4.61. The maximum Gasteiger partial charge on any atom is 0.306 e. The van der Waals surface area contributed by atoms with Gasteiger partial charge in [-0.05, 0) is 89.9 Å². The van der Waals surface area contributed by atoms with Gasteiger partial charge >= 0.3 is 17.9 Å². The summed E-state index contributed by atoms with van der Waals surface area (Å²) in [6.45, 7) is 6.33. The van der Waals surface area contributed by atoms with E-state index in [9.17, 15) is 14.4 Å². The van der Waals surface area contributed by atoms with Gasteiger partial charge in [0.2, 0.25) is 0 Å². The van der Waals surface area contributed by atoms with Gasteiger partial charge in [-0.3, -0.25) is 14.4 Å². The zero-order valence-electron chi connectivity index (χ0n) is 44.5. The highest BCUT2D eigenvalue weighted by Crippen LogP contribution is 2.13. The molecule has 0 amide bonds. The van der Waals surface area contributed by atoms with Crippen molar-refractivity contribution in [3.63, 3.8) is 0 Å². The van der Waals surface area contributed by atoms with Crippen molar-refractivity contribution in [2.24, 2.45) is 0 Å². The molecule has 6 nitrogen and oxygen atoms in total. The van der Waals surface area contributed by atoms with Crippen LogP contribution in [-0.4, -0.2) is 37.2 Å². The molecular weight excluding hydrogens is 865 g/mol. The van der Waals surface area contributed by atoms with Gasteiger partial charge in [-0.2, -0.15) is 0 Å². The summed E-state index contributed by atoms with van der Waals surface area (Å²) in [5.41, 5.74) is 0. The molecule has 0 aromatic heterocycles. The van der Waals surface area contributed by atoms with Crippen molar-refractivity contribution < 1.29 is 28.6 Å². The largest absolute Gasteiger partial charge is 0.462 e. The van der Waals surface area contributed by atoms with Crippen molar-refractivity contribution in [3.8, 4) is 0 Å². The second-order valence-corrected chi connectivity index (χ2v) is 17.7. The average Bonchev–Trinajstić information content (AvgIpc) is 3.36. The van der Waals surface area contributed by atoms with E-state index >= 15 is 0 Å². The number of carbonyl (C=O) groups excluding carboxylic acids is 3. The molecule has 0 aliphatic carbocycles. The molecule has 0 aromatic carbocycles. The summed E-state index contributed by atoms with van der Waals surface area (Å²) in [4.78, 5) is 38.1. The van der Waals surface area contributed by atoms with Crippen LogP contribution in [0.3, 0.4) is 0 Å². The van der Waals surface area contributed by atoms with E-state index in [1.807, 2.05) is 72.9 Å². The number of rotatable bonds is 47. The third-order valence-corrected chi connectivity index (χ3v) is 11.1. The van der Waals surface area contributed by atoms with Crippen LogP contribution < -0.4 is 0 Å². The Morgan fingerprint density at radius 3 is 0.900 bits per heavy atom. The minimum atomic E-state index is -0.823. The van der Waals surface area contributed by atoms with Crippen LogP contribution in [0.4, 0.5) is 0 Å². The number of esters is 3. The van der Waals surface area contributed by atoms with Gasteiger partial charge in [0.1, 0.15) is 13.2 Å². The van der Waals surface area contributed by atoms with Crippen LogP contribution in [0.2, 0.25) is 0 Å². The van der Waals surface area contributed by atoms with E-state index in [1.165, 1.54) is 51.4 Å². The van der Waals surface area contributed by atoms with Gasteiger partial charge in [0.25, 0.3) is 0 Å². The van der Waals surface area contributed by atoms with Crippen molar-refractivity contribution in [1.82, 2.24) is 0 Å². The van der Waals surface area contributed by atoms with Crippen molar-refractivity contribution in [1.29, 1.82) is 0 Å². The Kier molecular flexibility index (Phi) is 52.6. The molecule has 0 rings (SSSR count). The standard InChI is InChI=1S/C64H98O6/c1-4-7-10-13-16-19-22-25-28-30-32-34-36-39-42-45-48-51-54-57-63(66)69-60-61(59-68-62(65)56-53-50-47-44-41-38-35-27-24-21-18-15-12-9-6-3)70-64(67)58-55-52-49-46-43-40-37-33-31-29-26-23-20-17-14-11-8-5-2/h7,10,13,16-34,36-37,39,42,61H,4-6,8-9,11-12,14-15,35,38,40-41,43-60H2,1-3H3/b10-7-,16-13-,20-17-,21-18-,22-19-,26-23-,27-24-,28-25-,31-29-,32-30+,36-34-,37-33-,42-39-. The smallest absolute Gasteiger partial charge is 0.306 e. The summed E-state index contributed by atoms with van der Waals surface area (Å²) in [5, 5.41) is 0. The third kappa shape index (κ3) is 54.0. The van der Waals surface area contributed by atoms with Gasteiger partial charge in [0, 0.05) is 19.3 Å². The molecule has 0 radical (unpaired) electrons. The number of hydrogen-bond donors (Lipinski definition) is 0. The first-order valence-corrected chi connectivity index (χ1v) is 27.7. The topological polar surface area (TPSA) is 78.9 Å². The lowest BCUT2D eigenvalue weighted by atomic mass is 10.1. The molecular formula is C64H98O6. The van der Waals surface area contributed by atoms with Crippen molar-refractivity contribution >= 4 is 17.9 Å². The molecule has 1 unspecified atom stereocenters. The van der Waals surface area contributed by atoms with Crippen LogP contribution in [0.5, 0.6) is 0 Å². The zero-order valence-corrected chi connectivity index (χ0v) is 44.5. The van der Waals surface area contributed by atoms with Gasteiger partial charge in [0.05, 0.1) is 0 Å². The van der Waals surface area contributed by atoms with Gasteiger partial charge in [0.15, 0.2) is 6.10 Å². The van der Waals surface area contributed by atoms with Gasteiger partial charge in [-0.15, -0.1) is 0 Å². The number of allylic oxidation sites excluding steroid dienone is 26. The third-order valence-electron chi connectivity index (χ3n) is 11.1. The van der Waals surface area contributed by atoms with Gasteiger partial charge in [-0.25, -0.2) is 0 Å². The summed E-state index contributed by atoms with van der Waals surface area (Å²) in [6, 6.07) is 0. The lowest BCUT2D eigenvalue weighted by molar-refractivity contribution is -0.167. The number of carbonyl (C=O) groups is 3. The predicted molar refractivity (Wildman–Crippen MR) is 302 cm³/mol. The Bertz CT molecular complexity index is 1620. The molecule has 0 saturated heterocycles. The predicted octanol–water partition coefficient (Wildman–Crippen LogP) is 18.6. The molecule has 0 aliphatic heterocycles. The van der Waals surface area contributed by atoms with Crippen molar-refractivity contribution in [3.05, 3.63) is 158 Å². The van der Waals surface area contributed by atoms with E-state index in [1.54, 1.807) is 0 Å². The maximum atomic E-state index is 12.8. The van der Waals surface area contributed by atoms with E-state index < -0.39 is 6.10 Å². The number of unbranched alkanes of at least 4 members (excludes halogenated alkanes) is 20. The van der Waals surface area contributed by atoms with Gasteiger partial charge < -0.3 is 14.2 Å². The molecule has 70 heavy (non-hydrogen) atoms. The average molecular weight is 963 g/mol. The quantitative estimate of drug-likeness (QED) is 0.0262. The normalized spacial score (nSPS) is 13.4. The fourth-order valence-corrected chi connectivity index (χ4v) is 6.90. The minimum Gasteiger partial charge on any atom is -0.462 e. The van der Waals surface area contributed by atoms with Crippen LogP contribution in [0.15, 0.2) is 158 Å². The summed E-state index contributed by atoms with van der Waals surface area (Å²) < 4.78 is 16.8. The fraction of sp³-hybridized carbons (Fsp3) is 0.547. The lowest BCUT2D eigenvalue weighted by Crippen LogP contribution is -2.30. The molecule has 1 atom stereocenters. The zero-order chi connectivity index (χ0) is 50.7. The summed E-state index contributed by atoms with van der Waals surface area (Å²) in [7, 11) is 0. The van der Waals surface area contributed by atoms with E-state index in [0.29, 0.717) is 12.8 Å². The summed E-state index contributed by atoms with van der Waals surface area (Å²) in [5.74, 6) is -1.01. The summed E-state index contributed by atoms with van der Waals surface area (Å²) in [6.07, 6.45) is 82.1.